The number of halogens is 1. The Morgan fingerprint density at radius 3 is 2.73 bits per heavy atom. The van der Waals surface area contributed by atoms with Gasteiger partial charge < -0.3 is 34.8 Å². The molecule has 37 heavy (non-hydrogen) atoms. The van der Waals surface area contributed by atoms with Crippen molar-refractivity contribution in [1.82, 2.24) is 40.4 Å². The van der Waals surface area contributed by atoms with Gasteiger partial charge in [-0.25, -0.2) is 4.68 Å². The number of aromatic amines is 1. The molecule has 18 heteroatoms. The summed E-state index contributed by atoms with van der Waals surface area (Å²) in [6, 6.07) is 0.255. The quantitative estimate of drug-likeness (QED) is 0.151. The van der Waals surface area contributed by atoms with Crippen molar-refractivity contribution in [2.45, 2.75) is 75.0 Å². The lowest BCUT2D eigenvalue weighted by atomic mass is 10.1. The molecule has 3 aromatic rings. The minimum Gasteiger partial charge on any atom is -0.387 e. The van der Waals surface area contributed by atoms with Crippen molar-refractivity contribution in [2.75, 3.05) is 11.9 Å². The number of tetrazole rings is 1. The third-order valence-corrected chi connectivity index (χ3v) is 8.44. The summed E-state index contributed by atoms with van der Waals surface area (Å²) in [6.45, 7) is 0.732. The predicted molar refractivity (Wildman–Crippen MR) is 126 cm³/mol. The molecule has 1 saturated carbocycles. The molecule has 1 aliphatic heterocycles. The highest BCUT2D eigenvalue weighted by atomic mass is 35.5. The van der Waals surface area contributed by atoms with E-state index in [1.807, 2.05) is 0 Å². The van der Waals surface area contributed by atoms with Gasteiger partial charge in [0.25, 0.3) is 0 Å². The first kappa shape index (κ1) is 26.3. The monoisotopic (exact) mass is 559 g/mol. The Labute approximate surface area is 214 Å². The van der Waals surface area contributed by atoms with Crippen molar-refractivity contribution in [1.29, 1.82) is 0 Å². The van der Waals surface area contributed by atoms with Gasteiger partial charge in [-0.15, -0.1) is 10.2 Å². The van der Waals surface area contributed by atoms with E-state index in [9.17, 15) is 24.6 Å². The van der Waals surface area contributed by atoms with E-state index in [2.05, 4.69) is 41.0 Å². The summed E-state index contributed by atoms with van der Waals surface area (Å²) in [5.41, 5.74) is 0.287. The van der Waals surface area contributed by atoms with Gasteiger partial charge in [0.1, 0.15) is 24.1 Å². The lowest BCUT2D eigenvalue weighted by Crippen LogP contribution is -2.39. The first-order valence-electron chi connectivity index (χ1n) is 11.7. The second-order valence-corrected chi connectivity index (χ2v) is 11.7. The van der Waals surface area contributed by atoms with Crippen LogP contribution in [0.3, 0.4) is 0 Å². The van der Waals surface area contributed by atoms with Crippen molar-refractivity contribution in [2.24, 2.45) is 0 Å². The fourth-order valence-electron chi connectivity index (χ4n) is 4.58. The molecule has 6 N–H and O–H groups in total. The van der Waals surface area contributed by atoms with Crippen LogP contribution >= 0.6 is 19.2 Å². The van der Waals surface area contributed by atoms with Gasteiger partial charge in [0.15, 0.2) is 23.0 Å². The van der Waals surface area contributed by atoms with E-state index in [4.69, 9.17) is 21.1 Å². The molecule has 0 aromatic carbocycles. The first-order valence-corrected chi connectivity index (χ1v) is 13.7. The average molecular weight is 560 g/mol. The Balaban J connectivity index is 1.35. The molecular formula is C19H27ClN9O7P. The van der Waals surface area contributed by atoms with Gasteiger partial charge in [-0.1, -0.05) is 18.1 Å². The van der Waals surface area contributed by atoms with Gasteiger partial charge in [-0.05, 0) is 31.4 Å². The zero-order valence-electron chi connectivity index (χ0n) is 19.7. The predicted octanol–water partition coefficient (Wildman–Crippen LogP) is 0.120. The van der Waals surface area contributed by atoms with E-state index in [1.165, 1.54) is 17.8 Å². The van der Waals surface area contributed by atoms with Crippen LogP contribution in [0.4, 0.5) is 5.82 Å². The number of H-pyrrole nitrogens is 1. The second kappa shape index (κ2) is 10.1. The molecule has 202 valence electrons. The summed E-state index contributed by atoms with van der Waals surface area (Å²) in [5.74, 6) is 0.540. The SMILES string of the molecule is C[C@@](Cc1nn[nH]n1)(OC[C@H]1O[C@@H](n2ncc3c(NC4CCCC4)nc(Cl)nc32)[C@H](O)[C@@H]1O)P(=O)(O)O. The summed E-state index contributed by atoms with van der Waals surface area (Å²) in [5, 5.41) is 40.6. The summed E-state index contributed by atoms with van der Waals surface area (Å²) < 4.78 is 24.9. The van der Waals surface area contributed by atoms with Crippen molar-refractivity contribution >= 4 is 36.0 Å². The number of hydrogen-bond donors (Lipinski definition) is 6. The van der Waals surface area contributed by atoms with E-state index < -0.39 is 44.1 Å². The van der Waals surface area contributed by atoms with Gasteiger partial charge in [0.05, 0.1) is 24.6 Å². The molecule has 16 nitrogen and oxygen atoms in total. The molecule has 0 amide bonds. The molecule has 1 aliphatic carbocycles. The van der Waals surface area contributed by atoms with Crippen LogP contribution in [0.5, 0.6) is 0 Å². The highest BCUT2D eigenvalue weighted by Crippen LogP contribution is 2.52. The maximum atomic E-state index is 12.2. The number of nitrogens with zero attached hydrogens (tertiary/aromatic N) is 7. The summed E-state index contributed by atoms with van der Waals surface area (Å²) >= 11 is 6.17. The van der Waals surface area contributed by atoms with Gasteiger partial charge in [-0.2, -0.15) is 20.3 Å². The Morgan fingerprint density at radius 2 is 2.05 bits per heavy atom. The number of rotatable bonds is 9. The van der Waals surface area contributed by atoms with E-state index in [1.54, 1.807) is 0 Å². The lowest BCUT2D eigenvalue weighted by molar-refractivity contribution is -0.0946. The molecule has 5 rings (SSSR count). The third-order valence-electron chi connectivity index (χ3n) is 6.75. The molecule has 0 spiro atoms. The molecule has 4 heterocycles. The number of nitrogens with one attached hydrogen (secondary N) is 2. The van der Waals surface area contributed by atoms with E-state index in [0.29, 0.717) is 11.2 Å². The molecule has 5 atom stereocenters. The summed E-state index contributed by atoms with van der Waals surface area (Å²) in [7, 11) is -4.84. The van der Waals surface area contributed by atoms with Crippen LogP contribution in [0, 0.1) is 0 Å². The van der Waals surface area contributed by atoms with E-state index in [-0.39, 0.29) is 29.2 Å². The first-order chi connectivity index (χ1) is 17.6. The molecule has 0 radical (unpaired) electrons. The van der Waals surface area contributed by atoms with Crippen LogP contribution in [0.2, 0.25) is 5.28 Å². The minimum atomic E-state index is -4.84. The topological polar surface area (TPSA) is 227 Å². The Bertz CT molecular complexity index is 1280. The van der Waals surface area contributed by atoms with Crippen LogP contribution in [0.15, 0.2) is 6.20 Å². The normalized spacial score (nSPS) is 26.6. The van der Waals surface area contributed by atoms with Crippen LogP contribution < -0.4 is 5.32 Å². The molecule has 2 fully saturated rings. The molecular weight excluding hydrogens is 533 g/mol. The lowest BCUT2D eigenvalue weighted by Gasteiger charge is -2.30. The highest BCUT2D eigenvalue weighted by molar-refractivity contribution is 7.53. The summed E-state index contributed by atoms with van der Waals surface area (Å²) in [4.78, 5) is 28.3. The molecule has 1 saturated heterocycles. The number of aromatic nitrogens is 8. The largest absolute Gasteiger partial charge is 0.387 e. The maximum absolute atomic E-state index is 12.2. The van der Waals surface area contributed by atoms with Crippen molar-refractivity contribution in [3.05, 3.63) is 17.3 Å². The van der Waals surface area contributed by atoms with Crippen LogP contribution in [-0.4, -0.2) is 96.7 Å². The Kier molecular flexibility index (Phi) is 7.19. The van der Waals surface area contributed by atoms with Crippen molar-refractivity contribution < 1.29 is 34.0 Å². The molecule has 2 aliphatic rings. The number of anilines is 1. The minimum absolute atomic E-state index is 0.0261. The van der Waals surface area contributed by atoms with Gasteiger partial charge in [-0.3, -0.25) is 4.57 Å². The zero-order valence-corrected chi connectivity index (χ0v) is 21.3. The molecule has 3 aromatic heterocycles. The smallest absolute Gasteiger partial charge is 0.357 e. The summed E-state index contributed by atoms with van der Waals surface area (Å²) in [6.07, 6.45) is 0.194. The second-order valence-electron chi connectivity index (χ2n) is 9.37. The highest BCUT2D eigenvalue weighted by Gasteiger charge is 2.49. The maximum Gasteiger partial charge on any atom is 0.357 e. The Morgan fingerprint density at radius 1 is 1.30 bits per heavy atom. The van der Waals surface area contributed by atoms with Crippen molar-refractivity contribution in [3.63, 3.8) is 0 Å². The van der Waals surface area contributed by atoms with Crippen molar-refractivity contribution in [3.8, 4) is 0 Å². The van der Waals surface area contributed by atoms with Crippen LogP contribution in [-0.2, 0) is 20.5 Å². The molecule has 0 unspecified atom stereocenters. The standard InChI is InChI=1S/C19H27ClN9O7P/c1-19(37(32,33)34,6-12-25-27-28-26-12)35-8-11-13(30)14(31)17(36-11)29-16-10(7-21-29)15(23-18(20)24-16)22-9-4-2-3-5-9/h7,9,11,13-14,17,30-31H,2-6,8H2,1H3,(H,22,23,24)(H2,32,33,34)(H,25,26,27,28)/t11-,13-,14-,17-,19-/m1/s1. The van der Waals surface area contributed by atoms with E-state index >= 15 is 0 Å². The number of ether oxygens (including phenoxy) is 2. The van der Waals surface area contributed by atoms with Gasteiger partial charge in [0.2, 0.25) is 5.28 Å². The van der Waals surface area contributed by atoms with Gasteiger partial charge >= 0.3 is 7.60 Å². The fraction of sp³-hybridized carbons (Fsp3) is 0.684. The zero-order chi connectivity index (χ0) is 26.4. The number of fused-ring (bicyclic) bond motifs is 1. The number of aliphatic hydroxyl groups excluding tert-OH is 2. The fourth-order valence-corrected chi connectivity index (χ4v) is 5.33. The molecule has 0 bridgehead atoms. The van der Waals surface area contributed by atoms with E-state index in [0.717, 1.165) is 25.7 Å². The number of hydrogen-bond acceptors (Lipinski definition) is 12. The third kappa shape index (κ3) is 5.20. The van der Waals surface area contributed by atoms with Gasteiger partial charge in [0, 0.05) is 6.04 Å². The average Bonchev–Trinajstić information content (AvgIpc) is 3.63. The Hall–Kier alpha value is -2.30. The number of aliphatic hydroxyl groups is 2. The van der Waals surface area contributed by atoms with Crippen LogP contribution in [0.1, 0.15) is 44.7 Å². The van der Waals surface area contributed by atoms with Crippen LogP contribution in [0.25, 0.3) is 11.0 Å².